The van der Waals surface area contributed by atoms with Crippen molar-refractivity contribution in [2.24, 2.45) is 0 Å². The molecule has 1 saturated heterocycles. The Labute approximate surface area is 98.2 Å². The number of aldehydes is 1. The zero-order valence-electron chi connectivity index (χ0n) is 8.57. The van der Waals surface area contributed by atoms with Crippen molar-refractivity contribution in [3.8, 4) is 0 Å². The first-order valence-corrected chi connectivity index (χ1v) is 5.35. The Morgan fingerprint density at radius 1 is 1.44 bits per heavy atom. The first-order valence-electron chi connectivity index (χ1n) is 4.97. The highest BCUT2D eigenvalue weighted by Crippen LogP contribution is 2.26. The van der Waals surface area contributed by atoms with Crippen molar-refractivity contribution in [1.82, 2.24) is 5.32 Å². The van der Waals surface area contributed by atoms with Gasteiger partial charge in [0.2, 0.25) is 5.91 Å². The summed E-state index contributed by atoms with van der Waals surface area (Å²) in [6, 6.07) is 5.07. The van der Waals surface area contributed by atoms with Gasteiger partial charge in [0.1, 0.15) is 6.29 Å². The topological polar surface area (TPSA) is 49.4 Å². The van der Waals surface area contributed by atoms with Gasteiger partial charge in [-0.1, -0.05) is 11.6 Å². The van der Waals surface area contributed by atoms with Crippen LogP contribution in [-0.2, 0) is 4.79 Å². The molecule has 0 bridgehead atoms. The van der Waals surface area contributed by atoms with Crippen molar-refractivity contribution in [3.63, 3.8) is 0 Å². The number of anilines is 1. The van der Waals surface area contributed by atoms with Crippen LogP contribution in [0, 0.1) is 0 Å². The standard InChI is InChI=1S/C11H11ClN2O2/c12-9-5-8(7-15)1-2-10(9)14-4-3-13-11(16)6-14/h1-2,5,7H,3-4,6H2,(H,13,16). The van der Waals surface area contributed by atoms with Gasteiger partial charge in [-0.25, -0.2) is 0 Å². The number of benzene rings is 1. The van der Waals surface area contributed by atoms with E-state index in [0.29, 0.717) is 23.7 Å². The first-order chi connectivity index (χ1) is 7.70. The number of hydrogen-bond donors (Lipinski definition) is 1. The highest BCUT2D eigenvalue weighted by atomic mass is 35.5. The molecule has 0 spiro atoms. The molecule has 1 aromatic carbocycles. The quantitative estimate of drug-likeness (QED) is 0.785. The number of rotatable bonds is 2. The fourth-order valence-electron chi connectivity index (χ4n) is 1.70. The summed E-state index contributed by atoms with van der Waals surface area (Å²) in [6.45, 7) is 1.65. The van der Waals surface area contributed by atoms with E-state index in [4.69, 9.17) is 11.6 Å². The molecule has 1 fully saturated rings. The van der Waals surface area contributed by atoms with Gasteiger partial charge in [0.05, 0.1) is 17.3 Å². The van der Waals surface area contributed by atoms with E-state index in [2.05, 4.69) is 5.32 Å². The molecular formula is C11H11ClN2O2. The molecule has 1 amide bonds. The maximum atomic E-state index is 11.2. The maximum Gasteiger partial charge on any atom is 0.239 e. The Bertz CT molecular complexity index is 434. The number of carbonyl (C=O) groups is 2. The Morgan fingerprint density at radius 2 is 2.25 bits per heavy atom. The van der Waals surface area contributed by atoms with Gasteiger partial charge in [-0.15, -0.1) is 0 Å². The van der Waals surface area contributed by atoms with Crippen LogP contribution < -0.4 is 10.2 Å². The fourth-order valence-corrected chi connectivity index (χ4v) is 2.01. The monoisotopic (exact) mass is 238 g/mol. The van der Waals surface area contributed by atoms with Gasteiger partial charge < -0.3 is 10.2 Å². The summed E-state index contributed by atoms with van der Waals surface area (Å²) in [5.74, 6) is -0.0122. The van der Waals surface area contributed by atoms with E-state index in [1.807, 2.05) is 4.90 Å². The SMILES string of the molecule is O=Cc1ccc(N2CCNC(=O)C2)c(Cl)c1. The normalized spacial score (nSPS) is 15.8. The molecule has 1 heterocycles. The van der Waals surface area contributed by atoms with Gasteiger partial charge in [-0.2, -0.15) is 0 Å². The largest absolute Gasteiger partial charge is 0.359 e. The molecule has 4 nitrogen and oxygen atoms in total. The minimum absolute atomic E-state index is 0.0122. The smallest absolute Gasteiger partial charge is 0.239 e. The minimum atomic E-state index is -0.0122. The summed E-state index contributed by atoms with van der Waals surface area (Å²) < 4.78 is 0. The van der Waals surface area contributed by atoms with Crippen LogP contribution in [0.5, 0.6) is 0 Å². The highest BCUT2D eigenvalue weighted by molar-refractivity contribution is 6.33. The highest BCUT2D eigenvalue weighted by Gasteiger charge is 2.18. The predicted octanol–water partition coefficient (Wildman–Crippen LogP) is 1.09. The summed E-state index contributed by atoms with van der Waals surface area (Å²) in [5, 5.41) is 3.24. The number of carbonyl (C=O) groups excluding carboxylic acids is 2. The van der Waals surface area contributed by atoms with Crippen LogP contribution in [0.3, 0.4) is 0 Å². The Balaban J connectivity index is 2.26. The molecule has 0 aromatic heterocycles. The summed E-state index contributed by atoms with van der Waals surface area (Å²) in [6.07, 6.45) is 0.749. The van der Waals surface area contributed by atoms with Crippen molar-refractivity contribution in [2.45, 2.75) is 0 Å². The fraction of sp³-hybridized carbons (Fsp3) is 0.273. The molecule has 0 atom stereocenters. The molecule has 0 aliphatic carbocycles. The van der Waals surface area contributed by atoms with E-state index in [1.165, 1.54) is 0 Å². The average molecular weight is 239 g/mol. The Morgan fingerprint density at radius 3 is 2.88 bits per heavy atom. The molecule has 0 unspecified atom stereocenters. The summed E-state index contributed by atoms with van der Waals surface area (Å²) in [5.41, 5.74) is 1.33. The average Bonchev–Trinajstić information content (AvgIpc) is 2.28. The Kier molecular flexibility index (Phi) is 3.10. The first kappa shape index (κ1) is 11.0. The van der Waals surface area contributed by atoms with Crippen molar-refractivity contribution in [2.75, 3.05) is 24.5 Å². The third kappa shape index (κ3) is 2.17. The van der Waals surface area contributed by atoms with Crippen molar-refractivity contribution < 1.29 is 9.59 Å². The molecule has 1 N–H and O–H groups in total. The van der Waals surface area contributed by atoms with Crippen LogP contribution >= 0.6 is 11.6 Å². The predicted molar refractivity (Wildman–Crippen MR) is 62.1 cm³/mol. The van der Waals surface area contributed by atoms with E-state index in [0.717, 1.165) is 18.5 Å². The number of amides is 1. The van der Waals surface area contributed by atoms with Gasteiger partial charge in [0.15, 0.2) is 0 Å². The summed E-state index contributed by atoms with van der Waals surface area (Å²) in [4.78, 5) is 23.7. The lowest BCUT2D eigenvalue weighted by molar-refractivity contribution is -0.120. The lowest BCUT2D eigenvalue weighted by Crippen LogP contribution is -2.47. The van der Waals surface area contributed by atoms with Gasteiger partial charge in [0.25, 0.3) is 0 Å². The van der Waals surface area contributed by atoms with Crippen LogP contribution in [0.4, 0.5) is 5.69 Å². The lowest BCUT2D eigenvalue weighted by Gasteiger charge is -2.29. The number of nitrogens with zero attached hydrogens (tertiary/aromatic N) is 1. The second-order valence-electron chi connectivity index (χ2n) is 3.60. The minimum Gasteiger partial charge on any atom is -0.359 e. The van der Waals surface area contributed by atoms with Crippen molar-refractivity contribution >= 4 is 29.5 Å². The summed E-state index contributed by atoms with van der Waals surface area (Å²) in [7, 11) is 0. The van der Waals surface area contributed by atoms with E-state index >= 15 is 0 Å². The molecule has 16 heavy (non-hydrogen) atoms. The maximum absolute atomic E-state index is 11.2. The number of nitrogens with one attached hydrogen (secondary N) is 1. The van der Waals surface area contributed by atoms with E-state index in [9.17, 15) is 9.59 Å². The third-order valence-electron chi connectivity index (χ3n) is 2.49. The Hall–Kier alpha value is -1.55. The molecule has 84 valence electrons. The van der Waals surface area contributed by atoms with Gasteiger partial charge in [-0.05, 0) is 18.2 Å². The van der Waals surface area contributed by atoms with Crippen LogP contribution in [0.25, 0.3) is 0 Å². The third-order valence-corrected chi connectivity index (χ3v) is 2.79. The number of hydrogen-bond acceptors (Lipinski definition) is 3. The number of halogens is 1. The molecule has 0 saturated carbocycles. The van der Waals surface area contributed by atoms with E-state index in [1.54, 1.807) is 18.2 Å². The lowest BCUT2D eigenvalue weighted by atomic mass is 10.2. The van der Waals surface area contributed by atoms with Crippen LogP contribution in [0.1, 0.15) is 10.4 Å². The zero-order chi connectivity index (χ0) is 11.5. The van der Waals surface area contributed by atoms with Crippen LogP contribution in [0.2, 0.25) is 5.02 Å². The van der Waals surface area contributed by atoms with Crippen LogP contribution in [0.15, 0.2) is 18.2 Å². The van der Waals surface area contributed by atoms with E-state index in [-0.39, 0.29) is 5.91 Å². The van der Waals surface area contributed by atoms with Crippen molar-refractivity contribution in [1.29, 1.82) is 0 Å². The van der Waals surface area contributed by atoms with Crippen molar-refractivity contribution in [3.05, 3.63) is 28.8 Å². The van der Waals surface area contributed by atoms with Gasteiger partial charge in [0, 0.05) is 18.7 Å². The second kappa shape index (κ2) is 4.53. The van der Waals surface area contributed by atoms with E-state index < -0.39 is 0 Å². The van der Waals surface area contributed by atoms with Gasteiger partial charge >= 0.3 is 0 Å². The number of piperazine rings is 1. The molecule has 1 aliphatic heterocycles. The molecule has 1 aliphatic rings. The summed E-state index contributed by atoms with van der Waals surface area (Å²) >= 11 is 6.06. The zero-order valence-corrected chi connectivity index (χ0v) is 9.33. The molecule has 1 aromatic rings. The molecular weight excluding hydrogens is 228 g/mol. The molecule has 5 heteroatoms. The molecule has 2 rings (SSSR count). The van der Waals surface area contributed by atoms with Crippen LogP contribution in [-0.4, -0.2) is 31.8 Å². The second-order valence-corrected chi connectivity index (χ2v) is 4.01. The molecule has 0 radical (unpaired) electrons. The van der Waals surface area contributed by atoms with Gasteiger partial charge in [-0.3, -0.25) is 9.59 Å².